The molecular formula is C40H53F3N6O10S. The van der Waals surface area contributed by atoms with Crippen molar-refractivity contribution in [2.24, 2.45) is 17.8 Å². The van der Waals surface area contributed by atoms with E-state index in [1.54, 1.807) is 26.8 Å². The number of carbonyl (C=O) groups excluding carboxylic acids is 4. The van der Waals surface area contributed by atoms with Gasteiger partial charge in [0.1, 0.15) is 35.1 Å². The van der Waals surface area contributed by atoms with E-state index in [9.17, 15) is 40.8 Å². The second kappa shape index (κ2) is 16.6. The van der Waals surface area contributed by atoms with Gasteiger partial charge in [0.05, 0.1) is 36.0 Å². The van der Waals surface area contributed by atoms with Gasteiger partial charge in [-0.15, -0.1) is 0 Å². The first-order valence-electron chi connectivity index (χ1n) is 19.9. The molecule has 0 radical (unpaired) electrons. The number of nitrogens with zero attached hydrogens (tertiary/aromatic N) is 3. The summed E-state index contributed by atoms with van der Waals surface area (Å²) >= 11 is 0. The molecule has 3 N–H and O–H groups in total. The van der Waals surface area contributed by atoms with Gasteiger partial charge < -0.3 is 34.5 Å². The van der Waals surface area contributed by atoms with Crippen molar-refractivity contribution in [3.8, 4) is 11.6 Å². The number of ether oxygens (including phenoxy) is 4. The van der Waals surface area contributed by atoms with Crippen molar-refractivity contribution in [2.75, 3.05) is 27.4 Å². The number of alkyl carbamates (subject to hydrolysis) is 1. The smallest absolute Gasteiger partial charge is 0.438 e. The molecule has 6 rings (SSSR count). The molecule has 2 aromatic rings. The molecule has 1 aromatic carbocycles. The van der Waals surface area contributed by atoms with Gasteiger partial charge in [-0.25, -0.2) is 23.2 Å². The quantitative estimate of drug-likeness (QED) is 0.300. The zero-order valence-corrected chi connectivity index (χ0v) is 35.5. The van der Waals surface area contributed by atoms with Crippen LogP contribution in [0.2, 0.25) is 0 Å². The molecule has 2 aliphatic carbocycles. The number of fused-ring (bicyclic) bond motifs is 3. The van der Waals surface area contributed by atoms with E-state index in [1.807, 2.05) is 13.0 Å². The van der Waals surface area contributed by atoms with Crippen LogP contribution in [0.1, 0.15) is 85.3 Å². The van der Waals surface area contributed by atoms with Crippen LogP contribution in [0.15, 0.2) is 30.4 Å². The molecule has 4 aliphatic rings. The Labute approximate surface area is 346 Å². The number of amides is 4. The molecule has 330 valence electrons. The van der Waals surface area contributed by atoms with Crippen molar-refractivity contribution in [1.82, 2.24) is 30.2 Å². The third kappa shape index (κ3) is 9.74. The van der Waals surface area contributed by atoms with Gasteiger partial charge >= 0.3 is 12.3 Å². The number of allylic oxidation sites excluding steroid dienone is 1. The third-order valence-electron chi connectivity index (χ3n) is 11.5. The number of rotatable bonds is 9. The molecule has 0 spiro atoms. The second-order valence-corrected chi connectivity index (χ2v) is 19.7. The summed E-state index contributed by atoms with van der Waals surface area (Å²) < 4.78 is 93.2. The van der Waals surface area contributed by atoms with E-state index in [0.717, 1.165) is 4.90 Å². The van der Waals surface area contributed by atoms with E-state index < -0.39 is 104 Å². The first-order chi connectivity index (χ1) is 28.0. The molecule has 1 aromatic heterocycles. The summed E-state index contributed by atoms with van der Waals surface area (Å²) in [5, 5.41) is 5.42. The van der Waals surface area contributed by atoms with E-state index >= 15 is 0 Å². The van der Waals surface area contributed by atoms with Crippen LogP contribution in [0.4, 0.5) is 18.0 Å². The summed E-state index contributed by atoms with van der Waals surface area (Å²) in [5.41, 5.74) is -4.18. The third-order valence-corrected chi connectivity index (χ3v) is 13.7. The molecule has 16 nitrogen and oxygen atoms in total. The van der Waals surface area contributed by atoms with Gasteiger partial charge in [0.15, 0.2) is 0 Å². The Morgan fingerprint density at radius 2 is 1.78 bits per heavy atom. The van der Waals surface area contributed by atoms with Crippen LogP contribution >= 0.6 is 0 Å². The van der Waals surface area contributed by atoms with Crippen molar-refractivity contribution < 1.29 is 59.7 Å². The number of sulfonamides is 1. The zero-order chi connectivity index (χ0) is 44.0. The van der Waals surface area contributed by atoms with Crippen LogP contribution in [-0.4, -0.2) is 109 Å². The molecule has 4 amide bonds. The van der Waals surface area contributed by atoms with Crippen molar-refractivity contribution in [3.05, 3.63) is 36.0 Å². The number of hydrogen-bond acceptors (Lipinski definition) is 12. The maximum Gasteiger partial charge on any atom is 0.438 e. The molecule has 7 unspecified atom stereocenters. The maximum atomic E-state index is 15.0. The van der Waals surface area contributed by atoms with E-state index in [0.29, 0.717) is 37.9 Å². The molecule has 60 heavy (non-hydrogen) atoms. The summed E-state index contributed by atoms with van der Waals surface area (Å²) in [6, 6.07) is 1.28. The highest BCUT2D eigenvalue weighted by molar-refractivity contribution is 7.91. The fourth-order valence-corrected chi connectivity index (χ4v) is 9.11. The van der Waals surface area contributed by atoms with Gasteiger partial charge in [0.25, 0.3) is 5.91 Å². The number of carbonyl (C=O) groups is 4. The van der Waals surface area contributed by atoms with Gasteiger partial charge in [0.2, 0.25) is 33.4 Å². The molecule has 20 heteroatoms. The van der Waals surface area contributed by atoms with E-state index in [4.69, 9.17) is 18.9 Å². The van der Waals surface area contributed by atoms with E-state index in [1.165, 1.54) is 39.3 Å². The fourth-order valence-electron chi connectivity index (χ4n) is 7.80. The molecule has 3 fully saturated rings. The highest BCUT2D eigenvalue weighted by Gasteiger charge is 2.63. The Hall–Kier alpha value is -4.72. The first kappa shape index (κ1) is 44.8. The van der Waals surface area contributed by atoms with Gasteiger partial charge in [0, 0.05) is 31.4 Å². The van der Waals surface area contributed by atoms with Crippen molar-refractivity contribution >= 4 is 44.9 Å². The van der Waals surface area contributed by atoms with Crippen LogP contribution in [0.5, 0.6) is 11.6 Å². The SMILES string of the molecule is COCC1CC(C)CCC=CC2CC2(C(=O)NS(=O)(=O)C2(C)CC2)NC(=O)C2CC(Oc3nc4cc(OC)ccc4nc3C(F)(F)F)CN2C(=O)C1NC(=O)OC(C)(C)C. The van der Waals surface area contributed by atoms with Gasteiger partial charge in [-0.3, -0.25) is 19.1 Å². The lowest BCUT2D eigenvalue weighted by Crippen LogP contribution is -2.60. The number of hydrogen-bond donors (Lipinski definition) is 3. The first-order valence-corrected chi connectivity index (χ1v) is 21.4. The summed E-state index contributed by atoms with van der Waals surface area (Å²) in [6.45, 7) is 7.96. The number of aromatic nitrogens is 2. The predicted octanol–water partition coefficient (Wildman–Crippen LogP) is 4.41. The average molecular weight is 867 g/mol. The van der Waals surface area contributed by atoms with Crippen molar-refractivity contribution in [3.63, 3.8) is 0 Å². The van der Waals surface area contributed by atoms with Crippen LogP contribution in [0.3, 0.4) is 0 Å². The van der Waals surface area contributed by atoms with Crippen LogP contribution in [0.25, 0.3) is 11.0 Å². The lowest BCUT2D eigenvalue weighted by Gasteiger charge is -2.34. The maximum absolute atomic E-state index is 15.0. The standard InChI is InChI=1S/C40H53F3N6O10S/c1-22-10-8-9-11-24-19-39(24,35(52)48-60(54,55)38(5)14-15-38)47-32(50)29-18-26(58-33-31(40(41,42)43)44-27-13-12-25(57-7)17-28(27)45-33)20-49(29)34(51)30(23(16-22)21-56-6)46-36(53)59-37(2,3)4/h9,11-13,17,22-24,26,29-30H,8,10,14-16,18-21H2,1-7H3,(H,46,53)(H,47,50)(H,48,52). The van der Waals surface area contributed by atoms with Crippen LogP contribution in [-0.2, 0) is 40.1 Å². The fraction of sp³-hybridized carbons (Fsp3) is 0.650. The average Bonchev–Trinajstić information content (AvgIpc) is 4.03. The van der Waals surface area contributed by atoms with Gasteiger partial charge in [-0.2, -0.15) is 13.2 Å². The van der Waals surface area contributed by atoms with E-state index in [-0.39, 0.29) is 36.4 Å². The molecular weight excluding hydrogens is 814 g/mol. The number of benzene rings is 1. The largest absolute Gasteiger partial charge is 0.497 e. The summed E-state index contributed by atoms with van der Waals surface area (Å²) in [6.07, 6.45) is -1.72. The Balaban J connectivity index is 1.41. The van der Waals surface area contributed by atoms with Crippen LogP contribution in [0, 0.1) is 17.8 Å². The lowest BCUT2D eigenvalue weighted by molar-refractivity contribution is -0.143. The van der Waals surface area contributed by atoms with Crippen molar-refractivity contribution in [1.29, 1.82) is 0 Å². The molecule has 2 saturated carbocycles. The molecule has 0 bridgehead atoms. The Kier molecular flexibility index (Phi) is 12.4. The summed E-state index contributed by atoms with van der Waals surface area (Å²) in [5.74, 6) is -4.53. The number of alkyl halides is 3. The van der Waals surface area contributed by atoms with Crippen LogP contribution < -0.4 is 24.8 Å². The summed E-state index contributed by atoms with van der Waals surface area (Å²) in [7, 11) is -1.31. The minimum atomic E-state index is -5.02. The Morgan fingerprint density at radius 1 is 1.07 bits per heavy atom. The highest BCUT2D eigenvalue weighted by atomic mass is 32.2. The summed E-state index contributed by atoms with van der Waals surface area (Å²) in [4.78, 5) is 65.8. The molecule has 7 atom stereocenters. The molecule has 2 aliphatic heterocycles. The number of nitrogens with one attached hydrogen (secondary N) is 3. The monoisotopic (exact) mass is 866 g/mol. The minimum absolute atomic E-state index is 0.000843. The number of halogens is 3. The van der Waals surface area contributed by atoms with Gasteiger partial charge in [-0.05, 0) is 84.3 Å². The highest BCUT2D eigenvalue weighted by Crippen LogP contribution is 2.48. The number of methoxy groups -OCH3 is 2. The van der Waals surface area contributed by atoms with Gasteiger partial charge in [-0.1, -0.05) is 19.1 Å². The Morgan fingerprint density at radius 3 is 2.42 bits per heavy atom. The minimum Gasteiger partial charge on any atom is -0.497 e. The zero-order valence-electron chi connectivity index (χ0n) is 34.7. The lowest BCUT2D eigenvalue weighted by atomic mass is 9.87. The second-order valence-electron chi connectivity index (χ2n) is 17.6. The van der Waals surface area contributed by atoms with Crippen molar-refractivity contribution in [2.45, 2.75) is 120 Å². The topological polar surface area (TPSA) is 204 Å². The Bertz CT molecular complexity index is 2140. The predicted molar refractivity (Wildman–Crippen MR) is 210 cm³/mol. The molecule has 3 heterocycles. The van der Waals surface area contributed by atoms with E-state index in [2.05, 4.69) is 25.3 Å². The molecule has 1 saturated heterocycles. The normalized spacial score (nSPS) is 28.3.